The first-order valence-corrected chi connectivity index (χ1v) is 7.25. The van der Waals surface area contributed by atoms with Gasteiger partial charge in [0.25, 0.3) is 0 Å². The molecule has 5 nitrogen and oxygen atoms in total. The minimum absolute atomic E-state index is 0.590. The van der Waals surface area contributed by atoms with Crippen LogP contribution < -0.4 is 5.32 Å². The van der Waals surface area contributed by atoms with E-state index in [-0.39, 0.29) is 0 Å². The van der Waals surface area contributed by atoms with E-state index in [4.69, 9.17) is 0 Å². The van der Waals surface area contributed by atoms with Crippen LogP contribution in [0.2, 0.25) is 0 Å². The summed E-state index contributed by atoms with van der Waals surface area (Å²) in [6.45, 7) is 0. The van der Waals surface area contributed by atoms with Crippen molar-refractivity contribution in [3.05, 3.63) is 24.3 Å². The highest BCUT2D eigenvalue weighted by Gasteiger charge is 2.13. The van der Waals surface area contributed by atoms with Gasteiger partial charge in [-0.05, 0) is 41.7 Å². The zero-order valence-corrected chi connectivity index (χ0v) is 10.8. The Bertz CT molecular complexity index is 493. The number of nitrogens with zero attached hydrogens (tertiary/aromatic N) is 3. The highest BCUT2D eigenvalue weighted by atomic mass is 32.2. The van der Waals surface area contributed by atoms with Gasteiger partial charge in [-0.25, -0.2) is 0 Å². The van der Waals surface area contributed by atoms with Gasteiger partial charge >= 0.3 is 0 Å². The van der Waals surface area contributed by atoms with Crippen LogP contribution in [-0.2, 0) is 0 Å². The molecule has 1 fully saturated rings. The fraction of sp³-hybridized carbons (Fsp3) is 0.417. The minimum Gasteiger partial charge on any atom is -0.382 e. The van der Waals surface area contributed by atoms with Gasteiger partial charge in [-0.15, -0.1) is 10.2 Å². The van der Waals surface area contributed by atoms with Crippen molar-refractivity contribution in [1.82, 2.24) is 20.6 Å². The van der Waals surface area contributed by atoms with Gasteiger partial charge in [0.15, 0.2) is 0 Å². The second-order valence-electron chi connectivity index (χ2n) is 4.35. The van der Waals surface area contributed by atoms with Crippen LogP contribution in [0.1, 0.15) is 12.8 Å². The van der Waals surface area contributed by atoms with E-state index in [1.807, 2.05) is 23.9 Å². The van der Waals surface area contributed by atoms with E-state index >= 15 is 0 Å². The summed E-state index contributed by atoms with van der Waals surface area (Å²) in [5.74, 6) is 3.14. The molecule has 1 saturated heterocycles. The van der Waals surface area contributed by atoms with Gasteiger partial charge in [-0.2, -0.15) is 17.0 Å². The summed E-state index contributed by atoms with van der Waals surface area (Å²) in [6.07, 6.45) is 2.47. The van der Waals surface area contributed by atoms with Crippen molar-refractivity contribution in [2.75, 3.05) is 16.8 Å². The van der Waals surface area contributed by atoms with Crippen molar-refractivity contribution >= 4 is 17.4 Å². The maximum atomic E-state index is 4.00. The number of tetrazole rings is 1. The standard InChI is InChI=1S/C12H15N5S/c1-2-9(12-14-16-17-15-12)8-11(3-1)13-10-4-6-18-7-5-10/h1-3,8,10,13H,4-7H2,(H,14,15,16,17). The zero-order valence-electron chi connectivity index (χ0n) is 9.97. The van der Waals surface area contributed by atoms with Gasteiger partial charge in [0, 0.05) is 17.3 Å². The van der Waals surface area contributed by atoms with Gasteiger partial charge in [0.05, 0.1) is 0 Å². The lowest BCUT2D eigenvalue weighted by Gasteiger charge is -2.23. The molecule has 1 aliphatic heterocycles. The second-order valence-corrected chi connectivity index (χ2v) is 5.57. The third kappa shape index (κ3) is 2.64. The number of aromatic amines is 1. The Labute approximate surface area is 110 Å². The average Bonchev–Trinajstić information content (AvgIpc) is 2.94. The highest BCUT2D eigenvalue weighted by Crippen LogP contribution is 2.23. The molecule has 1 aliphatic rings. The molecule has 0 amide bonds. The second kappa shape index (κ2) is 5.39. The molecule has 2 heterocycles. The number of hydrogen-bond acceptors (Lipinski definition) is 5. The van der Waals surface area contributed by atoms with E-state index in [1.165, 1.54) is 24.3 Å². The Kier molecular flexibility index (Phi) is 3.45. The normalized spacial score (nSPS) is 16.7. The van der Waals surface area contributed by atoms with Gasteiger partial charge < -0.3 is 5.32 Å². The lowest BCUT2D eigenvalue weighted by atomic mass is 10.1. The number of anilines is 1. The molecule has 0 aliphatic carbocycles. The van der Waals surface area contributed by atoms with E-state index in [1.54, 1.807) is 0 Å². The Balaban J connectivity index is 1.74. The molecule has 1 aromatic heterocycles. The molecular weight excluding hydrogens is 246 g/mol. The maximum Gasteiger partial charge on any atom is 0.204 e. The molecular formula is C12H15N5S. The van der Waals surface area contributed by atoms with Crippen molar-refractivity contribution in [3.63, 3.8) is 0 Å². The Morgan fingerprint density at radius 3 is 2.94 bits per heavy atom. The van der Waals surface area contributed by atoms with E-state index in [0.29, 0.717) is 11.9 Å². The number of rotatable bonds is 3. The summed E-state index contributed by atoms with van der Waals surface area (Å²) in [7, 11) is 0. The zero-order chi connectivity index (χ0) is 12.2. The van der Waals surface area contributed by atoms with Crippen LogP contribution >= 0.6 is 11.8 Å². The van der Waals surface area contributed by atoms with Gasteiger partial charge in [0.2, 0.25) is 5.82 Å². The summed E-state index contributed by atoms with van der Waals surface area (Å²) in [5, 5.41) is 17.6. The van der Waals surface area contributed by atoms with Crippen molar-refractivity contribution in [1.29, 1.82) is 0 Å². The van der Waals surface area contributed by atoms with Crippen LogP contribution in [0.15, 0.2) is 24.3 Å². The monoisotopic (exact) mass is 261 g/mol. The van der Waals surface area contributed by atoms with Gasteiger partial charge in [-0.1, -0.05) is 12.1 Å². The molecule has 0 atom stereocenters. The fourth-order valence-corrected chi connectivity index (χ4v) is 3.22. The molecule has 18 heavy (non-hydrogen) atoms. The molecule has 1 aromatic carbocycles. The predicted molar refractivity (Wildman–Crippen MR) is 73.6 cm³/mol. The maximum absolute atomic E-state index is 4.00. The molecule has 0 saturated carbocycles. The van der Waals surface area contributed by atoms with Crippen LogP contribution in [0.25, 0.3) is 11.4 Å². The predicted octanol–water partition coefficient (Wildman–Crippen LogP) is 2.17. The summed E-state index contributed by atoms with van der Waals surface area (Å²) in [5.41, 5.74) is 2.12. The first kappa shape index (κ1) is 11.5. The van der Waals surface area contributed by atoms with Crippen LogP contribution in [-0.4, -0.2) is 38.2 Å². The summed E-state index contributed by atoms with van der Waals surface area (Å²) < 4.78 is 0. The lowest BCUT2D eigenvalue weighted by molar-refractivity contribution is 0.667. The average molecular weight is 261 g/mol. The van der Waals surface area contributed by atoms with E-state index in [9.17, 15) is 0 Å². The van der Waals surface area contributed by atoms with Gasteiger partial charge in [-0.3, -0.25) is 0 Å². The van der Waals surface area contributed by atoms with E-state index in [0.717, 1.165) is 11.3 Å². The van der Waals surface area contributed by atoms with Crippen molar-refractivity contribution in [2.24, 2.45) is 0 Å². The van der Waals surface area contributed by atoms with Crippen molar-refractivity contribution in [3.8, 4) is 11.4 Å². The SMILES string of the molecule is c1cc(NC2CCSCC2)cc(-c2nn[nH]n2)c1. The number of nitrogens with one attached hydrogen (secondary N) is 2. The van der Waals surface area contributed by atoms with Crippen LogP contribution in [0.5, 0.6) is 0 Å². The molecule has 6 heteroatoms. The third-order valence-corrected chi connectivity index (χ3v) is 4.11. The minimum atomic E-state index is 0.590. The van der Waals surface area contributed by atoms with Crippen molar-refractivity contribution in [2.45, 2.75) is 18.9 Å². The van der Waals surface area contributed by atoms with Crippen LogP contribution in [0, 0.1) is 0 Å². The molecule has 2 N–H and O–H groups in total. The smallest absolute Gasteiger partial charge is 0.204 e. The third-order valence-electron chi connectivity index (χ3n) is 3.06. The Hall–Kier alpha value is -1.56. The molecule has 0 bridgehead atoms. The molecule has 2 aromatic rings. The molecule has 3 rings (SSSR count). The van der Waals surface area contributed by atoms with Crippen molar-refractivity contribution < 1.29 is 0 Å². The van der Waals surface area contributed by atoms with E-state index in [2.05, 4.69) is 38.1 Å². The molecule has 0 radical (unpaired) electrons. The Morgan fingerprint density at radius 2 is 2.17 bits per heavy atom. The van der Waals surface area contributed by atoms with Gasteiger partial charge in [0.1, 0.15) is 0 Å². The van der Waals surface area contributed by atoms with Crippen LogP contribution in [0.4, 0.5) is 5.69 Å². The van der Waals surface area contributed by atoms with E-state index < -0.39 is 0 Å². The number of benzene rings is 1. The largest absolute Gasteiger partial charge is 0.382 e. The molecule has 94 valence electrons. The Morgan fingerprint density at radius 1 is 1.28 bits per heavy atom. The quantitative estimate of drug-likeness (QED) is 0.886. The molecule has 0 unspecified atom stereocenters. The highest BCUT2D eigenvalue weighted by molar-refractivity contribution is 7.99. The summed E-state index contributed by atoms with van der Waals surface area (Å²) in [4.78, 5) is 0. The first-order chi connectivity index (χ1) is 8.92. The number of hydrogen-bond donors (Lipinski definition) is 2. The summed E-state index contributed by atoms with van der Waals surface area (Å²) >= 11 is 2.04. The number of aromatic nitrogens is 4. The number of H-pyrrole nitrogens is 1. The number of thioether (sulfide) groups is 1. The fourth-order valence-electron chi connectivity index (χ4n) is 2.11. The first-order valence-electron chi connectivity index (χ1n) is 6.10. The summed E-state index contributed by atoms with van der Waals surface area (Å²) in [6, 6.07) is 8.77. The molecule has 0 spiro atoms. The topological polar surface area (TPSA) is 66.5 Å². The lowest BCUT2D eigenvalue weighted by Crippen LogP contribution is -2.24. The van der Waals surface area contributed by atoms with Crippen LogP contribution in [0.3, 0.4) is 0 Å².